The molecule has 0 aliphatic heterocycles. The van der Waals surface area contributed by atoms with Crippen LogP contribution < -0.4 is 10.2 Å². The molecule has 0 radical (unpaired) electrons. The molecule has 3 aromatic rings. The van der Waals surface area contributed by atoms with E-state index in [2.05, 4.69) is 33.4 Å². The summed E-state index contributed by atoms with van der Waals surface area (Å²) in [6, 6.07) is 14.8. The molecule has 1 fully saturated rings. The first-order valence-electron chi connectivity index (χ1n) is 14.4. The zero-order valence-corrected chi connectivity index (χ0v) is 25.5. The first-order valence-corrected chi connectivity index (χ1v) is 15.1. The van der Waals surface area contributed by atoms with Gasteiger partial charge in [0.2, 0.25) is 11.0 Å². The fraction of sp³-hybridized carbons (Fsp3) is 0.484. The third kappa shape index (κ3) is 8.68. The maximum Gasteiger partial charge on any atom is 0.452 e. The topological polar surface area (TPSA) is 93.6 Å². The molecule has 1 saturated carbocycles. The molecular formula is C31H37F3N4O4S. The Morgan fingerprint density at radius 3 is 2.37 bits per heavy atom. The highest BCUT2D eigenvalue weighted by Gasteiger charge is 2.36. The minimum absolute atomic E-state index is 0.0207. The van der Waals surface area contributed by atoms with E-state index in [4.69, 9.17) is 9.47 Å². The van der Waals surface area contributed by atoms with Gasteiger partial charge in [0, 0.05) is 24.1 Å². The summed E-state index contributed by atoms with van der Waals surface area (Å²) in [4.78, 5) is 30.5. The van der Waals surface area contributed by atoms with Gasteiger partial charge in [-0.1, -0.05) is 45.0 Å². The van der Waals surface area contributed by atoms with Gasteiger partial charge >= 0.3 is 18.1 Å². The fourth-order valence-electron chi connectivity index (χ4n) is 5.27. The number of rotatable bonds is 11. The fourth-order valence-corrected chi connectivity index (χ4v) is 5.87. The Morgan fingerprint density at radius 1 is 1.07 bits per heavy atom. The Labute approximate surface area is 253 Å². The van der Waals surface area contributed by atoms with Crippen LogP contribution in [0, 0.1) is 5.92 Å². The highest BCUT2D eigenvalue weighted by molar-refractivity contribution is 7.09. The smallest absolute Gasteiger partial charge is 0.452 e. The van der Waals surface area contributed by atoms with Crippen molar-refractivity contribution in [3.8, 4) is 0 Å². The number of nitrogens with one attached hydrogen (secondary N) is 1. The molecule has 1 heterocycles. The predicted octanol–water partition coefficient (Wildman–Crippen LogP) is 7.60. The van der Waals surface area contributed by atoms with Gasteiger partial charge in [-0.2, -0.15) is 22.5 Å². The van der Waals surface area contributed by atoms with Gasteiger partial charge in [-0.3, -0.25) is 4.79 Å². The number of nitrogens with zero attached hydrogens (tertiary/aromatic N) is 3. The standard InChI is InChI=1S/C31H37F3N4O4S/c1-19(2)18-38(23-11-13-24(14-12-23)42-28(40)21-8-6-5-7-9-21)26-15-10-22(20(3)16-27(39)41-4)17-25(26)35-30-36-29(37-43-30)31(32,33)34/h5-10,15,17,19-20,23-24H,11-14,16,18H2,1-4H3,(H,35,36,37)/t20-,23?,24?/m1/s1. The van der Waals surface area contributed by atoms with Gasteiger partial charge in [0.25, 0.3) is 0 Å². The largest absolute Gasteiger partial charge is 0.469 e. The molecule has 232 valence electrons. The molecule has 43 heavy (non-hydrogen) atoms. The number of hydrogen-bond donors (Lipinski definition) is 1. The number of hydrogen-bond acceptors (Lipinski definition) is 9. The van der Waals surface area contributed by atoms with E-state index in [1.54, 1.807) is 24.3 Å². The molecular weight excluding hydrogens is 581 g/mol. The molecule has 12 heteroatoms. The van der Waals surface area contributed by atoms with Crippen LogP contribution in [0.2, 0.25) is 0 Å². The van der Waals surface area contributed by atoms with E-state index >= 15 is 0 Å². The third-order valence-electron chi connectivity index (χ3n) is 7.45. The minimum Gasteiger partial charge on any atom is -0.469 e. The number of esters is 2. The van der Waals surface area contributed by atoms with E-state index in [1.165, 1.54) is 7.11 Å². The lowest BCUT2D eigenvalue weighted by molar-refractivity contribution is -0.144. The zero-order valence-electron chi connectivity index (χ0n) is 24.7. The van der Waals surface area contributed by atoms with E-state index in [9.17, 15) is 22.8 Å². The van der Waals surface area contributed by atoms with Crippen molar-refractivity contribution in [2.75, 3.05) is 23.9 Å². The van der Waals surface area contributed by atoms with Gasteiger partial charge in [0.15, 0.2) is 0 Å². The number of anilines is 3. The molecule has 1 atom stereocenters. The summed E-state index contributed by atoms with van der Waals surface area (Å²) in [6.45, 7) is 6.82. The Morgan fingerprint density at radius 2 is 1.77 bits per heavy atom. The summed E-state index contributed by atoms with van der Waals surface area (Å²) in [7, 11) is 1.33. The number of benzene rings is 2. The summed E-state index contributed by atoms with van der Waals surface area (Å²) in [5.74, 6) is -1.77. The molecule has 0 amide bonds. The third-order valence-corrected chi connectivity index (χ3v) is 8.08. The molecule has 0 unspecified atom stereocenters. The molecule has 1 aliphatic rings. The van der Waals surface area contributed by atoms with Crippen LogP contribution in [0.3, 0.4) is 0 Å². The highest BCUT2D eigenvalue weighted by atomic mass is 32.1. The van der Waals surface area contributed by atoms with Gasteiger partial charge in [0.1, 0.15) is 6.10 Å². The van der Waals surface area contributed by atoms with Gasteiger partial charge in [-0.25, -0.2) is 4.79 Å². The van der Waals surface area contributed by atoms with Gasteiger partial charge in [-0.15, -0.1) is 0 Å². The number of ether oxygens (including phenoxy) is 2. The quantitative estimate of drug-likeness (QED) is 0.220. The summed E-state index contributed by atoms with van der Waals surface area (Å²) in [6.07, 6.45) is -1.74. The van der Waals surface area contributed by atoms with Crippen molar-refractivity contribution in [2.24, 2.45) is 5.92 Å². The second kappa shape index (κ2) is 14.2. The molecule has 1 aliphatic carbocycles. The van der Waals surface area contributed by atoms with Crippen LogP contribution in [0.1, 0.15) is 80.5 Å². The van der Waals surface area contributed by atoms with E-state index < -0.39 is 12.0 Å². The number of alkyl halides is 3. The zero-order chi connectivity index (χ0) is 31.1. The van der Waals surface area contributed by atoms with Crippen LogP contribution in [0.5, 0.6) is 0 Å². The van der Waals surface area contributed by atoms with Crippen molar-refractivity contribution in [3.05, 3.63) is 65.5 Å². The van der Waals surface area contributed by atoms with Gasteiger partial charge in [0.05, 0.1) is 30.5 Å². The first-order chi connectivity index (χ1) is 20.4. The van der Waals surface area contributed by atoms with Crippen molar-refractivity contribution >= 4 is 40.0 Å². The molecule has 1 aromatic heterocycles. The average molecular weight is 619 g/mol. The summed E-state index contributed by atoms with van der Waals surface area (Å²) in [5, 5.41) is 3.11. The van der Waals surface area contributed by atoms with Crippen LogP contribution in [0.15, 0.2) is 48.5 Å². The van der Waals surface area contributed by atoms with Crippen LogP contribution in [-0.4, -0.2) is 47.1 Å². The number of halogens is 3. The molecule has 8 nitrogen and oxygen atoms in total. The molecule has 0 spiro atoms. The Bertz CT molecular complexity index is 1370. The Kier molecular flexibility index (Phi) is 10.6. The molecule has 2 aromatic carbocycles. The second-order valence-corrected chi connectivity index (χ2v) is 12.0. The van der Waals surface area contributed by atoms with E-state index in [1.807, 2.05) is 31.2 Å². The lowest BCUT2D eigenvalue weighted by Crippen LogP contribution is -2.42. The van der Waals surface area contributed by atoms with Gasteiger partial charge in [-0.05, 0) is 67.3 Å². The Hall–Kier alpha value is -3.67. The minimum atomic E-state index is -4.65. The predicted molar refractivity (Wildman–Crippen MR) is 160 cm³/mol. The van der Waals surface area contributed by atoms with Crippen molar-refractivity contribution in [1.29, 1.82) is 0 Å². The number of carbonyl (C=O) groups excluding carboxylic acids is 2. The molecule has 0 bridgehead atoms. The van der Waals surface area contributed by atoms with Crippen molar-refractivity contribution < 1.29 is 32.2 Å². The lowest BCUT2D eigenvalue weighted by atomic mass is 9.90. The summed E-state index contributed by atoms with van der Waals surface area (Å²) in [5.41, 5.74) is 2.75. The van der Waals surface area contributed by atoms with Crippen molar-refractivity contribution in [1.82, 2.24) is 9.36 Å². The van der Waals surface area contributed by atoms with Gasteiger partial charge < -0.3 is 19.7 Å². The van der Waals surface area contributed by atoms with E-state index in [0.717, 1.165) is 24.1 Å². The van der Waals surface area contributed by atoms with Crippen LogP contribution >= 0.6 is 11.5 Å². The highest BCUT2D eigenvalue weighted by Crippen LogP contribution is 2.39. The average Bonchev–Trinajstić information content (AvgIpc) is 3.46. The van der Waals surface area contributed by atoms with E-state index in [-0.39, 0.29) is 47.5 Å². The summed E-state index contributed by atoms with van der Waals surface area (Å²) >= 11 is 0.640. The molecule has 1 N–H and O–H groups in total. The number of aromatic nitrogens is 2. The van der Waals surface area contributed by atoms with Crippen LogP contribution in [-0.2, 0) is 20.4 Å². The lowest BCUT2D eigenvalue weighted by Gasteiger charge is -2.40. The number of carbonyl (C=O) groups is 2. The number of methoxy groups -OCH3 is 1. The molecule has 4 rings (SSSR count). The Balaban J connectivity index is 1.59. The molecule has 0 saturated heterocycles. The van der Waals surface area contributed by atoms with Crippen LogP contribution in [0.4, 0.5) is 29.7 Å². The SMILES string of the molecule is COC(=O)C[C@@H](C)c1ccc(N(CC(C)C)C2CCC(OC(=O)c3ccccc3)CC2)c(Nc2nc(C(F)(F)F)ns2)c1. The first kappa shape index (κ1) is 32.2. The maximum absolute atomic E-state index is 13.2. The second-order valence-electron chi connectivity index (χ2n) is 11.3. The normalized spacial score (nSPS) is 17.8. The summed E-state index contributed by atoms with van der Waals surface area (Å²) < 4.78 is 53.8. The van der Waals surface area contributed by atoms with Crippen LogP contribution in [0.25, 0.3) is 0 Å². The van der Waals surface area contributed by atoms with Crippen molar-refractivity contribution in [3.63, 3.8) is 0 Å². The van der Waals surface area contributed by atoms with E-state index in [0.29, 0.717) is 42.2 Å². The van der Waals surface area contributed by atoms with Crippen molar-refractivity contribution in [2.45, 2.75) is 77.1 Å². The maximum atomic E-state index is 13.2. The monoisotopic (exact) mass is 618 g/mol.